The molecule has 1 aliphatic heterocycles. The van der Waals surface area contributed by atoms with Crippen LogP contribution in [0.5, 0.6) is 0 Å². The first-order valence-corrected chi connectivity index (χ1v) is 7.93. The minimum atomic E-state index is -0.627. The van der Waals surface area contributed by atoms with Gasteiger partial charge in [0.2, 0.25) is 0 Å². The van der Waals surface area contributed by atoms with Crippen molar-refractivity contribution in [3.63, 3.8) is 0 Å². The van der Waals surface area contributed by atoms with Gasteiger partial charge >= 0.3 is 0 Å². The lowest BCUT2D eigenvalue weighted by Gasteiger charge is -2.34. The number of hydrogen-bond acceptors (Lipinski definition) is 4. The average molecular weight is 284 g/mol. The van der Waals surface area contributed by atoms with Crippen LogP contribution >= 0.6 is 0 Å². The summed E-state index contributed by atoms with van der Waals surface area (Å²) < 4.78 is 11.3. The van der Waals surface area contributed by atoms with Gasteiger partial charge in [0.05, 0.1) is 6.10 Å². The molecule has 1 heterocycles. The van der Waals surface area contributed by atoms with E-state index >= 15 is 0 Å². The summed E-state index contributed by atoms with van der Waals surface area (Å²) in [5.41, 5.74) is -0.627. The van der Waals surface area contributed by atoms with Crippen LogP contribution in [0.15, 0.2) is 0 Å². The summed E-state index contributed by atoms with van der Waals surface area (Å²) in [5, 5.41) is 6.25. The van der Waals surface area contributed by atoms with Crippen molar-refractivity contribution in [2.45, 2.75) is 56.7 Å². The Morgan fingerprint density at radius 3 is 2.65 bits per heavy atom. The van der Waals surface area contributed by atoms with E-state index in [1.54, 1.807) is 7.11 Å². The maximum Gasteiger partial charge on any atom is 0.252 e. The Hall–Kier alpha value is -0.650. The third-order valence-electron chi connectivity index (χ3n) is 4.48. The summed E-state index contributed by atoms with van der Waals surface area (Å²) in [5.74, 6) is 0.0300. The van der Waals surface area contributed by atoms with Crippen LogP contribution in [0.2, 0.25) is 0 Å². The summed E-state index contributed by atoms with van der Waals surface area (Å²) in [4.78, 5) is 12.3. The molecule has 2 fully saturated rings. The number of rotatable bonds is 7. The molecule has 20 heavy (non-hydrogen) atoms. The molecular formula is C15H28N2O3. The van der Waals surface area contributed by atoms with Gasteiger partial charge in [-0.1, -0.05) is 12.8 Å². The van der Waals surface area contributed by atoms with Crippen molar-refractivity contribution in [3.05, 3.63) is 0 Å². The van der Waals surface area contributed by atoms with Crippen LogP contribution in [-0.4, -0.2) is 51.0 Å². The van der Waals surface area contributed by atoms with Gasteiger partial charge in [-0.2, -0.15) is 0 Å². The molecule has 0 aromatic heterocycles. The standard InChI is InChI=1S/C15H28N2O3/c1-19-15(7-10-16-11-8-15)14(18)17-9-4-12-20-13-5-2-3-6-13/h13,16H,2-12H2,1H3,(H,17,18). The van der Waals surface area contributed by atoms with E-state index in [4.69, 9.17) is 9.47 Å². The zero-order valence-corrected chi connectivity index (χ0v) is 12.6. The largest absolute Gasteiger partial charge is 0.378 e. The van der Waals surface area contributed by atoms with Crippen molar-refractivity contribution in [2.75, 3.05) is 33.4 Å². The molecule has 0 spiro atoms. The molecule has 0 bridgehead atoms. The molecule has 0 atom stereocenters. The van der Waals surface area contributed by atoms with Gasteiger partial charge in [0.15, 0.2) is 0 Å². The van der Waals surface area contributed by atoms with E-state index in [0.29, 0.717) is 12.6 Å². The van der Waals surface area contributed by atoms with E-state index in [0.717, 1.165) is 39.0 Å². The monoisotopic (exact) mass is 284 g/mol. The quantitative estimate of drug-likeness (QED) is 0.690. The molecule has 1 aliphatic carbocycles. The number of ether oxygens (including phenoxy) is 2. The highest BCUT2D eigenvalue weighted by Gasteiger charge is 2.39. The maximum atomic E-state index is 12.3. The summed E-state index contributed by atoms with van der Waals surface area (Å²) in [6, 6.07) is 0. The lowest BCUT2D eigenvalue weighted by molar-refractivity contribution is -0.146. The molecule has 0 unspecified atom stereocenters. The Labute approximate surface area is 121 Å². The number of nitrogens with one attached hydrogen (secondary N) is 2. The highest BCUT2D eigenvalue weighted by molar-refractivity contribution is 5.85. The molecular weight excluding hydrogens is 256 g/mol. The lowest BCUT2D eigenvalue weighted by atomic mass is 9.91. The summed E-state index contributed by atoms with van der Waals surface area (Å²) in [6.45, 7) is 3.09. The van der Waals surface area contributed by atoms with Crippen molar-refractivity contribution in [1.29, 1.82) is 0 Å². The van der Waals surface area contributed by atoms with E-state index in [1.165, 1.54) is 25.7 Å². The normalized spacial score (nSPS) is 22.9. The third kappa shape index (κ3) is 4.17. The van der Waals surface area contributed by atoms with Gasteiger partial charge < -0.3 is 20.1 Å². The second-order valence-corrected chi connectivity index (χ2v) is 5.84. The molecule has 116 valence electrons. The number of hydrogen-bond donors (Lipinski definition) is 2. The van der Waals surface area contributed by atoms with Crippen LogP contribution in [0.4, 0.5) is 0 Å². The lowest BCUT2D eigenvalue weighted by Crippen LogP contribution is -2.54. The van der Waals surface area contributed by atoms with Crippen LogP contribution in [0.25, 0.3) is 0 Å². The second-order valence-electron chi connectivity index (χ2n) is 5.84. The van der Waals surface area contributed by atoms with Gasteiger partial charge in [-0.15, -0.1) is 0 Å². The minimum absolute atomic E-state index is 0.0300. The zero-order chi connectivity index (χ0) is 14.3. The number of carbonyl (C=O) groups is 1. The Morgan fingerprint density at radius 1 is 1.30 bits per heavy atom. The molecule has 1 amide bonds. The Bertz CT molecular complexity index is 297. The van der Waals surface area contributed by atoms with E-state index in [1.807, 2.05) is 0 Å². The average Bonchev–Trinajstić information content (AvgIpc) is 3.00. The molecule has 2 N–H and O–H groups in total. The predicted octanol–water partition coefficient (Wildman–Crippen LogP) is 1.22. The first kappa shape index (κ1) is 15.7. The maximum absolute atomic E-state index is 12.3. The van der Waals surface area contributed by atoms with Crippen LogP contribution in [0.1, 0.15) is 44.9 Å². The Morgan fingerprint density at radius 2 is 2.00 bits per heavy atom. The van der Waals surface area contributed by atoms with Crippen LogP contribution in [-0.2, 0) is 14.3 Å². The van der Waals surface area contributed by atoms with Crippen molar-refractivity contribution < 1.29 is 14.3 Å². The van der Waals surface area contributed by atoms with Gasteiger partial charge in [-0.3, -0.25) is 4.79 Å². The first-order valence-electron chi connectivity index (χ1n) is 7.93. The fourth-order valence-corrected chi connectivity index (χ4v) is 3.09. The molecule has 0 radical (unpaired) electrons. The van der Waals surface area contributed by atoms with Gasteiger partial charge in [0.25, 0.3) is 5.91 Å². The predicted molar refractivity (Wildman–Crippen MR) is 77.7 cm³/mol. The van der Waals surface area contributed by atoms with E-state index < -0.39 is 5.60 Å². The molecule has 2 rings (SSSR count). The molecule has 0 aromatic carbocycles. The summed E-state index contributed by atoms with van der Waals surface area (Å²) in [6.07, 6.45) is 7.82. The molecule has 1 saturated heterocycles. The number of methoxy groups -OCH3 is 1. The minimum Gasteiger partial charge on any atom is -0.378 e. The van der Waals surface area contributed by atoms with Gasteiger partial charge in [-0.05, 0) is 45.2 Å². The highest BCUT2D eigenvalue weighted by atomic mass is 16.5. The smallest absolute Gasteiger partial charge is 0.252 e. The highest BCUT2D eigenvalue weighted by Crippen LogP contribution is 2.23. The summed E-state index contributed by atoms with van der Waals surface area (Å²) >= 11 is 0. The molecule has 0 aromatic rings. The van der Waals surface area contributed by atoms with E-state index in [2.05, 4.69) is 10.6 Å². The van der Waals surface area contributed by atoms with Gasteiger partial charge in [0, 0.05) is 20.3 Å². The molecule has 5 nitrogen and oxygen atoms in total. The van der Waals surface area contributed by atoms with Gasteiger partial charge in [0.1, 0.15) is 5.60 Å². The fourth-order valence-electron chi connectivity index (χ4n) is 3.09. The zero-order valence-electron chi connectivity index (χ0n) is 12.6. The molecule has 5 heteroatoms. The van der Waals surface area contributed by atoms with Crippen molar-refractivity contribution in [2.24, 2.45) is 0 Å². The van der Waals surface area contributed by atoms with E-state index in [9.17, 15) is 4.79 Å². The van der Waals surface area contributed by atoms with Crippen molar-refractivity contribution in [3.8, 4) is 0 Å². The van der Waals surface area contributed by atoms with Crippen LogP contribution in [0.3, 0.4) is 0 Å². The first-order chi connectivity index (χ1) is 9.77. The van der Waals surface area contributed by atoms with Crippen LogP contribution < -0.4 is 10.6 Å². The molecule has 1 saturated carbocycles. The Kier molecular flexibility index (Phi) is 6.26. The third-order valence-corrected chi connectivity index (χ3v) is 4.48. The summed E-state index contributed by atoms with van der Waals surface area (Å²) in [7, 11) is 1.63. The van der Waals surface area contributed by atoms with Crippen molar-refractivity contribution in [1.82, 2.24) is 10.6 Å². The van der Waals surface area contributed by atoms with Gasteiger partial charge in [-0.25, -0.2) is 0 Å². The van der Waals surface area contributed by atoms with Crippen molar-refractivity contribution >= 4 is 5.91 Å². The SMILES string of the molecule is COC1(C(=O)NCCCOC2CCCC2)CCNCC1. The number of carbonyl (C=O) groups excluding carboxylic acids is 1. The van der Waals surface area contributed by atoms with E-state index in [-0.39, 0.29) is 5.91 Å². The second kappa shape index (κ2) is 7.96. The fraction of sp³-hybridized carbons (Fsp3) is 0.933. The Balaban J connectivity index is 1.61. The van der Waals surface area contributed by atoms with Crippen LogP contribution in [0, 0.1) is 0 Å². The topological polar surface area (TPSA) is 59.6 Å². The number of amides is 1. The molecule has 2 aliphatic rings. The number of piperidine rings is 1.